The molecule has 3 aromatic rings. The lowest BCUT2D eigenvalue weighted by molar-refractivity contribution is -0.123. The Morgan fingerprint density at radius 3 is 2.91 bits per heavy atom. The minimum absolute atomic E-state index is 0.120. The number of para-hydroxylation sites is 2. The largest absolute Gasteiger partial charge is 0.482 e. The summed E-state index contributed by atoms with van der Waals surface area (Å²) in [4.78, 5) is 19.3. The number of nitrogens with one attached hydrogen (secondary N) is 2. The first-order chi connectivity index (χ1) is 11.1. The summed E-state index contributed by atoms with van der Waals surface area (Å²) in [5.41, 5.74) is 1.75. The summed E-state index contributed by atoms with van der Waals surface area (Å²) in [6.07, 6.45) is 0. The molecule has 0 unspecified atom stereocenters. The van der Waals surface area contributed by atoms with Gasteiger partial charge in [0.2, 0.25) is 0 Å². The molecule has 2 aromatic carbocycles. The summed E-state index contributed by atoms with van der Waals surface area (Å²) in [5.74, 6) is 0.119. The topological polar surface area (TPSA) is 67.0 Å². The van der Waals surface area contributed by atoms with Gasteiger partial charge in [0.1, 0.15) is 17.4 Å². The van der Waals surface area contributed by atoms with E-state index in [-0.39, 0.29) is 29.8 Å². The third-order valence-corrected chi connectivity index (χ3v) is 3.44. The van der Waals surface area contributed by atoms with Crippen LogP contribution in [-0.4, -0.2) is 22.5 Å². The second-order valence-corrected chi connectivity index (χ2v) is 5.25. The summed E-state index contributed by atoms with van der Waals surface area (Å²) >= 11 is 5.82. The third-order valence-electron chi connectivity index (χ3n) is 3.14. The number of fused-ring (bicyclic) bond motifs is 1. The number of nitrogens with zero attached hydrogens (tertiary/aromatic N) is 1. The number of carbonyl (C=O) groups excluding carboxylic acids is 1. The Hall–Kier alpha value is -2.60. The number of ether oxygens (including phenoxy) is 1. The van der Waals surface area contributed by atoms with E-state index in [4.69, 9.17) is 16.3 Å². The first-order valence-corrected chi connectivity index (χ1v) is 7.28. The molecule has 0 aliphatic rings. The number of hydrogen-bond donors (Lipinski definition) is 2. The molecule has 0 atom stereocenters. The zero-order valence-corrected chi connectivity index (χ0v) is 12.7. The molecule has 1 amide bonds. The van der Waals surface area contributed by atoms with Crippen LogP contribution in [0.4, 0.5) is 4.39 Å². The Kier molecular flexibility index (Phi) is 4.43. The molecule has 1 aromatic heterocycles. The quantitative estimate of drug-likeness (QED) is 0.754. The van der Waals surface area contributed by atoms with E-state index in [1.54, 1.807) is 0 Å². The highest BCUT2D eigenvalue weighted by Crippen LogP contribution is 2.24. The van der Waals surface area contributed by atoms with Crippen molar-refractivity contribution in [3.63, 3.8) is 0 Å². The smallest absolute Gasteiger partial charge is 0.258 e. The van der Waals surface area contributed by atoms with Gasteiger partial charge in [-0.2, -0.15) is 0 Å². The minimum Gasteiger partial charge on any atom is -0.482 e. The van der Waals surface area contributed by atoms with E-state index >= 15 is 0 Å². The molecule has 0 fully saturated rings. The maximum Gasteiger partial charge on any atom is 0.258 e. The van der Waals surface area contributed by atoms with Gasteiger partial charge in [-0.15, -0.1) is 0 Å². The summed E-state index contributed by atoms with van der Waals surface area (Å²) in [7, 11) is 0. The van der Waals surface area contributed by atoms with Gasteiger partial charge < -0.3 is 15.0 Å². The van der Waals surface area contributed by atoms with Crippen LogP contribution < -0.4 is 10.1 Å². The standard InChI is InChI=1S/C16H13ClFN3O2/c17-11-7-10(18)5-6-14(11)23-9-16(22)19-8-15-20-12-3-1-2-4-13(12)21-15/h1-7H,8-9H2,(H,19,22)(H,20,21). The number of carbonyl (C=O) groups is 1. The highest BCUT2D eigenvalue weighted by atomic mass is 35.5. The van der Waals surface area contributed by atoms with Crippen molar-refractivity contribution in [2.24, 2.45) is 0 Å². The zero-order valence-electron chi connectivity index (χ0n) is 12.0. The number of H-pyrrole nitrogens is 1. The number of aromatic nitrogens is 2. The molecule has 5 nitrogen and oxygen atoms in total. The van der Waals surface area contributed by atoms with Crippen molar-refractivity contribution in [1.29, 1.82) is 0 Å². The van der Waals surface area contributed by atoms with E-state index in [9.17, 15) is 9.18 Å². The summed E-state index contributed by atoms with van der Waals surface area (Å²) in [6.45, 7) is 0.0413. The number of aromatic amines is 1. The Morgan fingerprint density at radius 1 is 1.30 bits per heavy atom. The number of amides is 1. The first kappa shape index (κ1) is 15.3. The van der Waals surface area contributed by atoms with Gasteiger partial charge in [-0.1, -0.05) is 23.7 Å². The molecule has 0 bridgehead atoms. The van der Waals surface area contributed by atoms with E-state index in [0.29, 0.717) is 5.82 Å². The molecule has 2 N–H and O–H groups in total. The lowest BCUT2D eigenvalue weighted by Gasteiger charge is -2.08. The fourth-order valence-corrected chi connectivity index (χ4v) is 2.28. The Morgan fingerprint density at radius 2 is 2.13 bits per heavy atom. The van der Waals surface area contributed by atoms with Gasteiger partial charge in [-0.3, -0.25) is 4.79 Å². The number of benzene rings is 2. The molecular formula is C16H13ClFN3O2. The van der Waals surface area contributed by atoms with Gasteiger partial charge in [-0.05, 0) is 30.3 Å². The van der Waals surface area contributed by atoms with Gasteiger partial charge in [0, 0.05) is 0 Å². The van der Waals surface area contributed by atoms with Crippen LogP contribution in [0.5, 0.6) is 5.75 Å². The van der Waals surface area contributed by atoms with E-state index in [0.717, 1.165) is 17.1 Å². The van der Waals surface area contributed by atoms with Crippen LogP contribution >= 0.6 is 11.6 Å². The molecular weight excluding hydrogens is 321 g/mol. The number of hydrogen-bond acceptors (Lipinski definition) is 3. The summed E-state index contributed by atoms with van der Waals surface area (Å²) in [6, 6.07) is 11.3. The van der Waals surface area contributed by atoms with Crippen molar-refractivity contribution < 1.29 is 13.9 Å². The van der Waals surface area contributed by atoms with E-state index in [2.05, 4.69) is 15.3 Å². The predicted molar refractivity (Wildman–Crippen MR) is 84.8 cm³/mol. The SMILES string of the molecule is O=C(COc1ccc(F)cc1Cl)NCc1nc2ccccc2[nH]1. The number of rotatable bonds is 5. The average Bonchev–Trinajstić information content (AvgIpc) is 2.95. The molecule has 0 aliphatic carbocycles. The van der Waals surface area contributed by atoms with Gasteiger partial charge in [0.25, 0.3) is 5.91 Å². The zero-order chi connectivity index (χ0) is 16.2. The average molecular weight is 334 g/mol. The molecule has 0 saturated carbocycles. The lowest BCUT2D eigenvalue weighted by Crippen LogP contribution is -2.28. The molecule has 1 heterocycles. The number of halogens is 2. The van der Waals surface area contributed by atoms with Crippen LogP contribution in [0, 0.1) is 5.82 Å². The Bertz CT molecular complexity index is 817. The normalized spacial score (nSPS) is 10.7. The van der Waals surface area contributed by atoms with Crippen LogP contribution in [0.2, 0.25) is 5.02 Å². The molecule has 118 valence electrons. The summed E-state index contributed by atoms with van der Waals surface area (Å²) in [5, 5.41) is 2.81. The molecule has 3 rings (SSSR count). The minimum atomic E-state index is -0.461. The van der Waals surface area contributed by atoms with Gasteiger partial charge in [0.05, 0.1) is 22.6 Å². The molecule has 23 heavy (non-hydrogen) atoms. The Labute approximate surface area is 136 Å². The maximum atomic E-state index is 12.9. The molecule has 0 radical (unpaired) electrons. The van der Waals surface area contributed by atoms with E-state index < -0.39 is 5.82 Å². The van der Waals surface area contributed by atoms with Gasteiger partial charge in [-0.25, -0.2) is 9.37 Å². The lowest BCUT2D eigenvalue weighted by atomic mass is 10.3. The molecule has 0 spiro atoms. The second kappa shape index (κ2) is 6.66. The Balaban J connectivity index is 1.53. The van der Waals surface area contributed by atoms with Crippen LogP contribution in [0.3, 0.4) is 0 Å². The monoisotopic (exact) mass is 333 g/mol. The van der Waals surface area contributed by atoms with Crippen LogP contribution in [0.1, 0.15) is 5.82 Å². The second-order valence-electron chi connectivity index (χ2n) is 4.84. The first-order valence-electron chi connectivity index (χ1n) is 6.90. The van der Waals surface area contributed by atoms with E-state index in [1.807, 2.05) is 24.3 Å². The number of imidazole rings is 1. The van der Waals surface area contributed by atoms with Crippen molar-refractivity contribution in [3.8, 4) is 5.75 Å². The maximum absolute atomic E-state index is 12.9. The molecule has 0 saturated heterocycles. The summed E-state index contributed by atoms with van der Waals surface area (Å²) < 4.78 is 18.2. The van der Waals surface area contributed by atoms with Gasteiger partial charge >= 0.3 is 0 Å². The fraction of sp³-hybridized carbons (Fsp3) is 0.125. The van der Waals surface area contributed by atoms with Crippen LogP contribution in [-0.2, 0) is 11.3 Å². The van der Waals surface area contributed by atoms with Crippen LogP contribution in [0.25, 0.3) is 11.0 Å². The fourth-order valence-electron chi connectivity index (χ4n) is 2.06. The van der Waals surface area contributed by atoms with E-state index in [1.165, 1.54) is 12.1 Å². The van der Waals surface area contributed by atoms with Crippen molar-refractivity contribution in [2.45, 2.75) is 6.54 Å². The molecule has 0 aliphatic heterocycles. The van der Waals surface area contributed by atoms with Crippen molar-refractivity contribution in [1.82, 2.24) is 15.3 Å². The highest BCUT2D eigenvalue weighted by molar-refractivity contribution is 6.32. The van der Waals surface area contributed by atoms with Gasteiger partial charge in [0.15, 0.2) is 6.61 Å². The molecule has 7 heteroatoms. The van der Waals surface area contributed by atoms with Crippen LogP contribution in [0.15, 0.2) is 42.5 Å². The van der Waals surface area contributed by atoms with Crippen molar-refractivity contribution in [3.05, 3.63) is 59.1 Å². The third kappa shape index (κ3) is 3.78. The predicted octanol–water partition coefficient (Wildman–Crippen LogP) is 3.05. The van der Waals surface area contributed by atoms with Crippen molar-refractivity contribution >= 4 is 28.5 Å². The van der Waals surface area contributed by atoms with Crippen molar-refractivity contribution in [2.75, 3.05) is 6.61 Å². The highest BCUT2D eigenvalue weighted by Gasteiger charge is 2.08.